The molecule has 7 heteroatoms. The van der Waals surface area contributed by atoms with Crippen molar-refractivity contribution in [3.63, 3.8) is 0 Å². The number of amides is 2. The normalized spacial score (nSPS) is 17.3. The minimum atomic E-state index is -0.839. The average Bonchev–Trinajstić information content (AvgIpc) is 2.45. The number of halogens is 2. The quantitative estimate of drug-likeness (QED) is 0.782. The Hall–Kier alpha value is -0.620. The van der Waals surface area contributed by atoms with E-state index in [0.29, 0.717) is 15.6 Å². The third-order valence-electron chi connectivity index (χ3n) is 3.28. The SMILES string of the molecule is O=C(NCC(O)c1cc(Cl)cc(Cl)c1)NC1CCSCC1. The highest BCUT2D eigenvalue weighted by atomic mass is 35.5. The molecule has 116 valence electrons. The van der Waals surface area contributed by atoms with Crippen LogP contribution in [-0.4, -0.2) is 35.2 Å². The van der Waals surface area contributed by atoms with Gasteiger partial charge in [-0.2, -0.15) is 11.8 Å². The summed E-state index contributed by atoms with van der Waals surface area (Å²) in [4.78, 5) is 11.8. The smallest absolute Gasteiger partial charge is 0.315 e. The number of aliphatic hydroxyl groups is 1. The van der Waals surface area contributed by atoms with Crippen LogP contribution in [-0.2, 0) is 0 Å². The lowest BCUT2D eigenvalue weighted by molar-refractivity contribution is 0.172. The molecular formula is C14H18Cl2N2O2S. The van der Waals surface area contributed by atoms with Crippen LogP contribution in [0.2, 0.25) is 10.0 Å². The zero-order valence-corrected chi connectivity index (χ0v) is 13.8. The van der Waals surface area contributed by atoms with Crippen molar-refractivity contribution in [1.29, 1.82) is 0 Å². The largest absolute Gasteiger partial charge is 0.387 e. The van der Waals surface area contributed by atoms with Gasteiger partial charge in [-0.15, -0.1) is 0 Å². The standard InChI is InChI=1S/C14H18Cl2N2O2S/c15-10-5-9(6-11(16)7-10)13(19)8-17-14(20)18-12-1-3-21-4-2-12/h5-7,12-13,19H,1-4,8H2,(H2,17,18,20). The molecule has 1 fully saturated rings. The Morgan fingerprint density at radius 2 is 1.90 bits per heavy atom. The Labute approximate surface area is 138 Å². The van der Waals surface area contributed by atoms with E-state index in [2.05, 4.69) is 10.6 Å². The molecule has 3 N–H and O–H groups in total. The number of carbonyl (C=O) groups is 1. The minimum Gasteiger partial charge on any atom is -0.387 e. The number of thioether (sulfide) groups is 1. The number of hydrogen-bond acceptors (Lipinski definition) is 3. The molecule has 1 heterocycles. The molecular weight excluding hydrogens is 331 g/mol. The number of urea groups is 1. The van der Waals surface area contributed by atoms with Gasteiger partial charge in [-0.05, 0) is 48.1 Å². The summed E-state index contributed by atoms with van der Waals surface area (Å²) in [5.41, 5.74) is 0.585. The Kier molecular flexibility index (Phi) is 6.48. The molecule has 4 nitrogen and oxygen atoms in total. The van der Waals surface area contributed by atoms with Gasteiger partial charge in [0.05, 0.1) is 6.10 Å². The van der Waals surface area contributed by atoms with Crippen LogP contribution in [0.5, 0.6) is 0 Å². The van der Waals surface area contributed by atoms with E-state index in [9.17, 15) is 9.90 Å². The van der Waals surface area contributed by atoms with Gasteiger partial charge in [0.1, 0.15) is 0 Å². The summed E-state index contributed by atoms with van der Waals surface area (Å²) in [5.74, 6) is 2.16. The zero-order chi connectivity index (χ0) is 15.2. The zero-order valence-electron chi connectivity index (χ0n) is 11.4. The number of nitrogens with one attached hydrogen (secondary N) is 2. The fourth-order valence-electron chi connectivity index (χ4n) is 2.15. The van der Waals surface area contributed by atoms with Crippen molar-refractivity contribution < 1.29 is 9.90 Å². The van der Waals surface area contributed by atoms with Gasteiger partial charge >= 0.3 is 6.03 Å². The maximum Gasteiger partial charge on any atom is 0.315 e. The second-order valence-electron chi connectivity index (χ2n) is 4.96. The number of aliphatic hydroxyl groups excluding tert-OH is 1. The summed E-state index contributed by atoms with van der Waals surface area (Å²) < 4.78 is 0. The molecule has 0 spiro atoms. The summed E-state index contributed by atoms with van der Waals surface area (Å²) in [7, 11) is 0. The predicted octanol–water partition coefficient (Wildman–Crippen LogP) is 3.22. The fraction of sp³-hybridized carbons (Fsp3) is 0.500. The summed E-state index contributed by atoms with van der Waals surface area (Å²) >= 11 is 13.7. The first-order chi connectivity index (χ1) is 10.0. The predicted molar refractivity (Wildman–Crippen MR) is 88.3 cm³/mol. The fourth-order valence-corrected chi connectivity index (χ4v) is 3.80. The molecule has 1 aliphatic rings. The number of hydrogen-bond donors (Lipinski definition) is 3. The summed E-state index contributed by atoms with van der Waals surface area (Å²) in [6.07, 6.45) is 1.14. The second kappa shape index (κ2) is 8.13. The molecule has 0 aliphatic carbocycles. The second-order valence-corrected chi connectivity index (χ2v) is 7.06. The summed E-state index contributed by atoms with van der Waals surface area (Å²) in [6.45, 7) is 0.115. The maximum atomic E-state index is 11.8. The average molecular weight is 349 g/mol. The van der Waals surface area contributed by atoms with Gasteiger partial charge in [0.2, 0.25) is 0 Å². The van der Waals surface area contributed by atoms with Crippen molar-refractivity contribution in [1.82, 2.24) is 10.6 Å². The van der Waals surface area contributed by atoms with E-state index in [-0.39, 0.29) is 18.6 Å². The molecule has 21 heavy (non-hydrogen) atoms. The third-order valence-corrected chi connectivity index (χ3v) is 4.77. The molecule has 2 rings (SSSR count). The molecule has 1 aromatic rings. The van der Waals surface area contributed by atoms with Gasteiger partial charge < -0.3 is 15.7 Å². The lowest BCUT2D eigenvalue weighted by atomic mass is 10.1. The van der Waals surface area contributed by atoms with Crippen LogP contribution in [0.1, 0.15) is 24.5 Å². The molecule has 0 radical (unpaired) electrons. The highest BCUT2D eigenvalue weighted by Gasteiger charge is 2.17. The molecule has 1 atom stereocenters. The van der Waals surface area contributed by atoms with Crippen molar-refractivity contribution in [3.05, 3.63) is 33.8 Å². The van der Waals surface area contributed by atoms with E-state index < -0.39 is 6.10 Å². The maximum absolute atomic E-state index is 11.8. The highest BCUT2D eigenvalue weighted by Crippen LogP contribution is 2.23. The van der Waals surface area contributed by atoms with Crippen molar-refractivity contribution in [3.8, 4) is 0 Å². The molecule has 2 amide bonds. The summed E-state index contributed by atoms with van der Waals surface area (Å²) in [6, 6.07) is 4.84. The Morgan fingerprint density at radius 3 is 2.52 bits per heavy atom. The van der Waals surface area contributed by atoms with E-state index >= 15 is 0 Å². The van der Waals surface area contributed by atoms with E-state index in [0.717, 1.165) is 24.3 Å². The Morgan fingerprint density at radius 1 is 1.29 bits per heavy atom. The van der Waals surface area contributed by atoms with Crippen LogP contribution in [0.25, 0.3) is 0 Å². The van der Waals surface area contributed by atoms with Crippen LogP contribution < -0.4 is 10.6 Å². The van der Waals surface area contributed by atoms with Crippen molar-refractivity contribution in [2.45, 2.75) is 25.0 Å². The van der Waals surface area contributed by atoms with E-state index in [1.165, 1.54) is 0 Å². The van der Waals surface area contributed by atoms with Crippen LogP contribution in [0.4, 0.5) is 4.79 Å². The van der Waals surface area contributed by atoms with Crippen LogP contribution in [0, 0.1) is 0 Å². The number of rotatable bonds is 4. The van der Waals surface area contributed by atoms with Crippen molar-refractivity contribution in [2.24, 2.45) is 0 Å². The van der Waals surface area contributed by atoms with Crippen LogP contribution in [0.3, 0.4) is 0 Å². The third kappa shape index (κ3) is 5.58. The van der Waals surface area contributed by atoms with Gasteiger partial charge in [-0.3, -0.25) is 0 Å². The summed E-state index contributed by atoms with van der Waals surface area (Å²) in [5, 5.41) is 16.6. The molecule has 0 saturated carbocycles. The minimum absolute atomic E-state index is 0.115. The van der Waals surface area contributed by atoms with E-state index in [1.807, 2.05) is 11.8 Å². The molecule has 0 aromatic heterocycles. The van der Waals surface area contributed by atoms with Gasteiger partial charge in [0, 0.05) is 22.6 Å². The van der Waals surface area contributed by atoms with Crippen LogP contribution >= 0.6 is 35.0 Å². The van der Waals surface area contributed by atoms with Crippen LogP contribution in [0.15, 0.2) is 18.2 Å². The van der Waals surface area contributed by atoms with Crippen molar-refractivity contribution in [2.75, 3.05) is 18.1 Å². The first-order valence-electron chi connectivity index (χ1n) is 6.81. The van der Waals surface area contributed by atoms with E-state index in [1.54, 1.807) is 18.2 Å². The van der Waals surface area contributed by atoms with Gasteiger partial charge in [-0.1, -0.05) is 23.2 Å². The molecule has 1 unspecified atom stereocenters. The molecule has 0 bridgehead atoms. The lowest BCUT2D eigenvalue weighted by Gasteiger charge is -2.23. The van der Waals surface area contributed by atoms with E-state index in [4.69, 9.17) is 23.2 Å². The first kappa shape index (κ1) is 16.7. The molecule has 1 aromatic carbocycles. The Bertz CT molecular complexity index is 476. The Balaban J connectivity index is 1.79. The van der Waals surface area contributed by atoms with Gasteiger partial charge in [0.25, 0.3) is 0 Å². The molecule has 1 aliphatic heterocycles. The lowest BCUT2D eigenvalue weighted by Crippen LogP contribution is -2.44. The van der Waals surface area contributed by atoms with Gasteiger partial charge in [-0.25, -0.2) is 4.79 Å². The topological polar surface area (TPSA) is 61.4 Å². The highest BCUT2D eigenvalue weighted by molar-refractivity contribution is 7.99. The van der Waals surface area contributed by atoms with Crippen molar-refractivity contribution >= 4 is 41.0 Å². The molecule has 1 saturated heterocycles. The number of benzene rings is 1. The number of carbonyl (C=O) groups excluding carboxylic acids is 1. The monoisotopic (exact) mass is 348 g/mol. The first-order valence-corrected chi connectivity index (χ1v) is 8.72. The van der Waals surface area contributed by atoms with Gasteiger partial charge in [0.15, 0.2) is 0 Å².